The molecule has 126 valence electrons. The van der Waals surface area contributed by atoms with E-state index in [1.807, 2.05) is 0 Å². The fourth-order valence-electron chi connectivity index (χ4n) is 3.84. The van der Waals surface area contributed by atoms with Gasteiger partial charge in [0, 0.05) is 18.2 Å². The van der Waals surface area contributed by atoms with Gasteiger partial charge in [0.25, 0.3) is 0 Å². The Morgan fingerprint density at radius 1 is 0.958 bits per heavy atom. The Kier molecular flexibility index (Phi) is 5.40. The topological polar surface area (TPSA) is 12.0 Å². The lowest BCUT2D eigenvalue weighted by Gasteiger charge is -2.23. The Morgan fingerprint density at radius 2 is 1.58 bits per heavy atom. The second kappa shape index (κ2) is 7.70. The molecule has 1 heteroatoms. The predicted molar refractivity (Wildman–Crippen MR) is 103 cm³/mol. The van der Waals surface area contributed by atoms with E-state index in [0.29, 0.717) is 11.8 Å². The molecule has 1 N–H and O–H groups in total. The second-order valence-corrected chi connectivity index (χ2v) is 7.24. The highest BCUT2D eigenvalue weighted by molar-refractivity contribution is 5.28. The number of hydrogen-bond donors (Lipinski definition) is 1. The summed E-state index contributed by atoms with van der Waals surface area (Å²) in [5.74, 6) is 1.20. The van der Waals surface area contributed by atoms with Crippen molar-refractivity contribution in [2.24, 2.45) is 5.92 Å². The number of rotatable bonds is 6. The maximum absolute atomic E-state index is 4.36. The molecule has 0 bridgehead atoms. The minimum Gasteiger partial charge on any atom is -0.388 e. The molecule has 1 nitrogen and oxygen atoms in total. The summed E-state index contributed by atoms with van der Waals surface area (Å²) in [6.07, 6.45) is 4.91. The van der Waals surface area contributed by atoms with E-state index in [9.17, 15) is 0 Å². The van der Waals surface area contributed by atoms with Gasteiger partial charge in [-0.05, 0) is 50.2 Å². The van der Waals surface area contributed by atoms with Crippen LogP contribution >= 0.6 is 0 Å². The van der Waals surface area contributed by atoms with E-state index in [2.05, 4.69) is 74.3 Å². The van der Waals surface area contributed by atoms with Crippen LogP contribution in [-0.4, -0.2) is 6.54 Å². The van der Waals surface area contributed by atoms with Crippen molar-refractivity contribution in [1.82, 2.24) is 5.32 Å². The standard InChI is InChI=1S/C23H29N/c1-17-7-11-20(12-8-17)15-16-24-19(3)22-5-4-6-23(22)21-13-9-18(2)10-14-21/h7-14,22-24H,3-6,15-16H2,1-2H3. The molecule has 2 aromatic rings. The van der Waals surface area contributed by atoms with Gasteiger partial charge in [-0.2, -0.15) is 0 Å². The summed E-state index contributed by atoms with van der Waals surface area (Å²) in [5.41, 5.74) is 6.75. The zero-order valence-corrected chi connectivity index (χ0v) is 15.0. The lowest BCUT2D eigenvalue weighted by Crippen LogP contribution is -2.23. The van der Waals surface area contributed by atoms with Gasteiger partial charge in [0.1, 0.15) is 0 Å². The van der Waals surface area contributed by atoms with Crippen LogP contribution < -0.4 is 5.32 Å². The smallest absolute Gasteiger partial charge is 0.0184 e. The van der Waals surface area contributed by atoms with Crippen LogP contribution in [-0.2, 0) is 6.42 Å². The Balaban J connectivity index is 1.55. The molecule has 3 rings (SSSR count). The van der Waals surface area contributed by atoms with Gasteiger partial charge in [-0.3, -0.25) is 0 Å². The largest absolute Gasteiger partial charge is 0.388 e. The van der Waals surface area contributed by atoms with Gasteiger partial charge in [0.05, 0.1) is 0 Å². The average Bonchev–Trinajstić information content (AvgIpc) is 3.07. The van der Waals surface area contributed by atoms with Gasteiger partial charge in [0.15, 0.2) is 0 Å². The molecular weight excluding hydrogens is 290 g/mol. The maximum atomic E-state index is 4.36. The number of allylic oxidation sites excluding steroid dienone is 1. The molecule has 2 atom stereocenters. The van der Waals surface area contributed by atoms with Crippen LogP contribution in [0.1, 0.15) is 47.4 Å². The van der Waals surface area contributed by atoms with Crippen molar-refractivity contribution < 1.29 is 0 Å². The molecular formula is C23H29N. The molecule has 1 saturated carbocycles. The second-order valence-electron chi connectivity index (χ2n) is 7.24. The molecule has 1 aliphatic rings. The normalized spacial score (nSPS) is 20.1. The zero-order chi connectivity index (χ0) is 16.9. The first-order valence-corrected chi connectivity index (χ1v) is 9.18. The van der Waals surface area contributed by atoms with Crippen LogP contribution in [0.25, 0.3) is 0 Å². The van der Waals surface area contributed by atoms with E-state index >= 15 is 0 Å². The van der Waals surface area contributed by atoms with E-state index in [1.54, 1.807) is 0 Å². The number of benzene rings is 2. The molecule has 2 unspecified atom stereocenters. The molecule has 1 aliphatic carbocycles. The molecule has 0 spiro atoms. The molecule has 2 aromatic carbocycles. The Morgan fingerprint density at radius 3 is 2.25 bits per heavy atom. The summed E-state index contributed by atoms with van der Waals surface area (Å²) in [6.45, 7) is 9.62. The zero-order valence-electron chi connectivity index (χ0n) is 15.0. The van der Waals surface area contributed by atoms with Crippen LogP contribution in [0.5, 0.6) is 0 Å². The van der Waals surface area contributed by atoms with E-state index < -0.39 is 0 Å². The van der Waals surface area contributed by atoms with Crippen molar-refractivity contribution >= 4 is 0 Å². The highest BCUT2D eigenvalue weighted by Gasteiger charge is 2.30. The van der Waals surface area contributed by atoms with Crippen molar-refractivity contribution in [3.05, 3.63) is 83.1 Å². The molecule has 0 saturated heterocycles. The summed E-state index contributed by atoms with van der Waals surface area (Å²) >= 11 is 0. The first-order valence-electron chi connectivity index (χ1n) is 9.18. The van der Waals surface area contributed by atoms with Crippen LogP contribution in [0, 0.1) is 19.8 Å². The van der Waals surface area contributed by atoms with E-state index in [1.165, 1.54) is 47.2 Å². The first kappa shape index (κ1) is 16.8. The number of nitrogens with one attached hydrogen (secondary N) is 1. The fourth-order valence-corrected chi connectivity index (χ4v) is 3.84. The van der Waals surface area contributed by atoms with Crippen molar-refractivity contribution in [3.8, 4) is 0 Å². The van der Waals surface area contributed by atoms with Crippen molar-refractivity contribution in [1.29, 1.82) is 0 Å². The SMILES string of the molecule is C=C(NCCc1ccc(C)cc1)C1CCCC1c1ccc(C)cc1. The fraction of sp³-hybridized carbons (Fsp3) is 0.391. The summed E-state index contributed by atoms with van der Waals surface area (Å²) in [6, 6.07) is 17.9. The minimum absolute atomic E-state index is 0.575. The van der Waals surface area contributed by atoms with Crippen LogP contribution in [0.4, 0.5) is 0 Å². The molecule has 24 heavy (non-hydrogen) atoms. The predicted octanol–water partition coefficient (Wildman–Crippen LogP) is 5.53. The van der Waals surface area contributed by atoms with Gasteiger partial charge in [-0.15, -0.1) is 0 Å². The quantitative estimate of drug-likeness (QED) is 0.738. The highest BCUT2D eigenvalue weighted by atomic mass is 14.9. The van der Waals surface area contributed by atoms with Gasteiger partial charge in [-0.25, -0.2) is 0 Å². The number of aryl methyl sites for hydroxylation is 2. The Labute approximate surface area is 146 Å². The summed E-state index contributed by atoms with van der Waals surface area (Å²) in [4.78, 5) is 0. The van der Waals surface area contributed by atoms with Gasteiger partial charge in [0.2, 0.25) is 0 Å². The monoisotopic (exact) mass is 319 g/mol. The molecule has 0 heterocycles. The minimum atomic E-state index is 0.575. The summed E-state index contributed by atoms with van der Waals surface area (Å²) in [5, 5.41) is 3.60. The van der Waals surface area contributed by atoms with Crippen LogP contribution in [0.15, 0.2) is 60.8 Å². The molecule has 0 amide bonds. The number of hydrogen-bond acceptors (Lipinski definition) is 1. The third-order valence-electron chi connectivity index (χ3n) is 5.36. The van der Waals surface area contributed by atoms with Crippen molar-refractivity contribution in [2.75, 3.05) is 6.54 Å². The average molecular weight is 319 g/mol. The first-order chi connectivity index (χ1) is 11.6. The highest BCUT2D eigenvalue weighted by Crippen LogP contribution is 2.42. The van der Waals surface area contributed by atoms with E-state index in [4.69, 9.17) is 0 Å². The molecule has 0 radical (unpaired) electrons. The van der Waals surface area contributed by atoms with Gasteiger partial charge in [-0.1, -0.05) is 72.7 Å². The van der Waals surface area contributed by atoms with Gasteiger partial charge < -0.3 is 5.32 Å². The third-order valence-corrected chi connectivity index (χ3v) is 5.36. The summed E-state index contributed by atoms with van der Waals surface area (Å²) < 4.78 is 0. The molecule has 1 fully saturated rings. The van der Waals surface area contributed by atoms with Crippen LogP contribution in [0.2, 0.25) is 0 Å². The van der Waals surface area contributed by atoms with Gasteiger partial charge >= 0.3 is 0 Å². The maximum Gasteiger partial charge on any atom is 0.0184 e. The van der Waals surface area contributed by atoms with Crippen molar-refractivity contribution in [3.63, 3.8) is 0 Å². The molecule has 0 aliphatic heterocycles. The lowest BCUT2D eigenvalue weighted by molar-refractivity contribution is 0.519. The Hall–Kier alpha value is -2.02. The lowest BCUT2D eigenvalue weighted by atomic mass is 9.86. The van der Waals surface area contributed by atoms with Crippen LogP contribution in [0.3, 0.4) is 0 Å². The van der Waals surface area contributed by atoms with Crippen molar-refractivity contribution in [2.45, 2.75) is 45.4 Å². The Bertz CT molecular complexity index is 666. The molecule has 0 aromatic heterocycles. The van der Waals surface area contributed by atoms with E-state index in [0.717, 1.165) is 13.0 Å². The summed E-state index contributed by atoms with van der Waals surface area (Å²) in [7, 11) is 0. The van der Waals surface area contributed by atoms with E-state index in [-0.39, 0.29) is 0 Å². The third kappa shape index (κ3) is 4.08.